The summed E-state index contributed by atoms with van der Waals surface area (Å²) in [6.07, 6.45) is -6.76. The van der Waals surface area contributed by atoms with E-state index in [4.69, 9.17) is 0 Å². The lowest BCUT2D eigenvalue weighted by Gasteiger charge is -2.45. The fourth-order valence-electron chi connectivity index (χ4n) is 3.59. The SMILES string of the molecule is OC[C@@H]1[C@@H](O)[C@H](O)[C@@H](O)CN1C[C@H]1CC[C@@H](C(F)(F)F)CC1. The Morgan fingerprint density at radius 2 is 1.55 bits per heavy atom. The van der Waals surface area contributed by atoms with Crippen LogP contribution in [-0.4, -0.2) is 75.6 Å². The second-order valence-electron chi connectivity index (χ2n) is 6.51. The van der Waals surface area contributed by atoms with Crippen LogP contribution < -0.4 is 0 Å². The third-order valence-electron chi connectivity index (χ3n) is 5.02. The summed E-state index contributed by atoms with van der Waals surface area (Å²) >= 11 is 0. The number of aliphatic hydroxyl groups is 4. The molecule has 5 nitrogen and oxygen atoms in total. The van der Waals surface area contributed by atoms with Gasteiger partial charge in [0.05, 0.1) is 24.7 Å². The largest absolute Gasteiger partial charge is 0.395 e. The molecule has 22 heavy (non-hydrogen) atoms. The Kier molecular flexibility index (Phi) is 5.71. The Morgan fingerprint density at radius 1 is 0.955 bits per heavy atom. The van der Waals surface area contributed by atoms with Crippen LogP contribution in [-0.2, 0) is 0 Å². The minimum Gasteiger partial charge on any atom is -0.395 e. The molecule has 1 saturated heterocycles. The number of piperidine rings is 1. The Balaban J connectivity index is 1.90. The van der Waals surface area contributed by atoms with Crippen LogP contribution in [0.3, 0.4) is 0 Å². The number of likely N-dealkylation sites (tertiary alicyclic amines) is 1. The van der Waals surface area contributed by atoms with Crippen molar-refractivity contribution in [3.05, 3.63) is 0 Å². The molecule has 0 amide bonds. The van der Waals surface area contributed by atoms with Crippen molar-refractivity contribution < 1.29 is 33.6 Å². The van der Waals surface area contributed by atoms with Gasteiger partial charge in [-0.3, -0.25) is 4.90 Å². The molecular weight excluding hydrogens is 303 g/mol. The lowest BCUT2D eigenvalue weighted by atomic mass is 9.80. The van der Waals surface area contributed by atoms with Crippen LogP contribution in [0.15, 0.2) is 0 Å². The van der Waals surface area contributed by atoms with Crippen LogP contribution in [0.25, 0.3) is 0 Å². The van der Waals surface area contributed by atoms with E-state index in [2.05, 4.69) is 0 Å². The van der Waals surface area contributed by atoms with Gasteiger partial charge < -0.3 is 20.4 Å². The van der Waals surface area contributed by atoms with E-state index in [1.54, 1.807) is 4.90 Å². The van der Waals surface area contributed by atoms with Gasteiger partial charge in [0.1, 0.15) is 12.2 Å². The van der Waals surface area contributed by atoms with Gasteiger partial charge in [-0.15, -0.1) is 0 Å². The molecule has 0 aromatic rings. The summed E-state index contributed by atoms with van der Waals surface area (Å²) in [4.78, 5) is 1.68. The molecule has 130 valence electrons. The molecule has 0 bridgehead atoms. The van der Waals surface area contributed by atoms with E-state index in [0.717, 1.165) is 0 Å². The van der Waals surface area contributed by atoms with Crippen LogP contribution in [0, 0.1) is 11.8 Å². The standard InChI is InChI=1S/C14H24F3NO4/c15-14(16,17)9-3-1-8(2-4-9)5-18-6-11(20)13(22)12(21)10(18)7-19/h8-13,19-22H,1-7H2/t8-,9+,10-,11+,12-,13-/m1/s1. The first-order valence-corrected chi connectivity index (χ1v) is 7.69. The van der Waals surface area contributed by atoms with Gasteiger partial charge in [-0.05, 0) is 31.6 Å². The number of alkyl halides is 3. The predicted octanol–water partition coefficient (Wildman–Crippen LogP) is 0.114. The van der Waals surface area contributed by atoms with Crippen molar-refractivity contribution in [1.29, 1.82) is 0 Å². The molecule has 4 N–H and O–H groups in total. The first-order valence-electron chi connectivity index (χ1n) is 7.69. The van der Waals surface area contributed by atoms with Gasteiger partial charge in [0, 0.05) is 13.1 Å². The topological polar surface area (TPSA) is 84.2 Å². The fourth-order valence-corrected chi connectivity index (χ4v) is 3.59. The summed E-state index contributed by atoms with van der Waals surface area (Å²) < 4.78 is 38.0. The molecule has 0 spiro atoms. The van der Waals surface area contributed by atoms with Crippen LogP contribution >= 0.6 is 0 Å². The van der Waals surface area contributed by atoms with Crippen LogP contribution in [0.5, 0.6) is 0 Å². The number of rotatable bonds is 3. The molecule has 2 aliphatic rings. The monoisotopic (exact) mass is 327 g/mol. The first kappa shape index (κ1) is 17.9. The molecule has 8 heteroatoms. The van der Waals surface area contributed by atoms with Crippen LogP contribution in [0.4, 0.5) is 13.2 Å². The second kappa shape index (κ2) is 7.00. The number of nitrogens with zero attached hydrogens (tertiary/aromatic N) is 1. The maximum absolute atomic E-state index is 12.7. The normalized spacial score (nSPS) is 41.6. The quantitative estimate of drug-likeness (QED) is 0.592. The maximum atomic E-state index is 12.7. The highest BCUT2D eigenvalue weighted by atomic mass is 19.4. The van der Waals surface area contributed by atoms with Crippen LogP contribution in [0.2, 0.25) is 0 Å². The molecule has 0 aromatic heterocycles. The zero-order chi connectivity index (χ0) is 16.5. The van der Waals surface area contributed by atoms with E-state index in [9.17, 15) is 33.6 Å². The van der Waals surface area contributed by atoms with Crippen molar-refractivity contribution in [2.24, 2.45) is 11.8 Å². The lowest BCUT2D eigenvalue weighted by molar-refractivity contribution is -0.185. The third kappa shape index (κ3) is 3.91. The van der Waals surface area contributed by atoms with Gasteiger partial charge in [0.25, 0.3) is 0 Å². The van der Waals surface area contributed by atoms with E-state index in [-0.39, 0.29) is 31.9 Å². The molecule has 0 aromatic carbocycles. The minimum absolute atomic E-state index is 0.0438. The first-order chi connectivity index (χ1) is 10.2. The average Bonchev–Trinajstić information content (AvgIpc) is 2.45. The van der Waals surface area contributed by atoms with Crippen molar-refractivity contribution in [2.75, 3.05) is 19.7 Å². The number of hydrogen-bond acceptors (Lipinski definition) is 5. The zero-order valence-electron chi connectivity index (χ0n) is 12.3. The second-order valence-corrected chi connectivity index (χ2v) is 6.51. The molecule has 4 atom stereocenters. The van der Waals surface area contributed by atoms with Gasteiger partial charge in [0.2, 0.25) is 0 Å². The predicted molar refractivity (Wildman–Crippen MR) is 72.0 cm³/mol. The number of halogens is 3. The van der Waals surface area contributed by atoms with Gasteiger partial charge in [0.15, 0.2) is 0 Å². The average molecular weight is 327 g/mol. The third-order valence-corrected chi connectivity index (χ3v) is 5.02. The Labute approximate surface area is 127 Å². The molecule has 2 rings (SSSR count). The van der Waals surface area contributed by atoms with Gasteiger partial charge >= 0.3 is 6.18 Å². The minimum atomic E-state index is -4.14. The highest BCUT2D eigenvalue weighted by molar-refractivity contribution is 4.95. The van der Waals surface area contributed by atoms with Gasteiger partial charge in [-0.25, -0.2) is 0 Å². The van der Waals surface area contributed by atoms with Crippen molar-refractivity contribution in [1.82, 2.24) is 4.90 Å². The molecule has 0 unspecified atom stereocenters. The van der Waals surface area contributed by atoms with Gasteiger partial charge in [-0.2, -0.15) is 13.2 Å². The molecule has 1 aliphatic carbocycles. The summed E-state index contributed by atoms with van der Waals surface area (Å²) in [6.45, 7) is 0.141. The van der Waals surface area contributed by atoms with Crippen molar-refractivity contribution in [2.45, 2.75) is 56.2 Å². The Morgan fingerprint density at radius 3 is 2.05 bits per heavy atom. The molecule has 1 aliphatic heterocycles. The number of aliphatic hydroxyl groups excluding tert-OH is 4. The zero-order valence-corrected chi connectivity index (χ0v) is 12.3. The Hall–Kier alpha value is -0.410. The van der Waals surface area contributed by atoms with E-state index >= 15 is 0 Å². The highest BCUT2D eigenvalue weighted by Gasteiger charge is 2.44. The molecule has 1 saturated carbocycles. The van der Waals surface area contributed by atoms with Crippen molar-refractivity contribution >= 4 is 0 Å². The molecule has 0 radical (unpaired) electrons. The summed E-state index contributed by atoms with van der Waals surface area (Å²) in [6, 6.07) is -0.696. The summed E-state index contributed by atoms with van der Waals surface area (Å²) in [5.41, 5.74) is 0. The molecule has 1 heterocycles. The summed E-state index contributed by atoms with van der Waals surface area (Å²) in [7, 11) is 0. The number of hydrogen-bond donors (Lipinski definition) is 4. The Bertz CT molecular complexity index is 360. The van der Waals surface area contributed by atoms with E-state index < -0.39 is 36.4 Å². The maximum Gasteiger partial charge on any atom is 0.391 e. The van der Waals surface area contributed by atoms with Gasteiger partial charge in [-0.1, -0.05) is 0 Å². The smallest absolute Gasteiger partial charge is 0.391 e. The van der Waals surface area contributed by atoms with Crippen molar-refractivity contribution in [3.63, 3.8) is 0 Å². The lowest BCUT2D eigenvalue weighted by Crippen LogP contribution is -2.63. The highest BCUT2D eigenvalue weighted by Crippen LogP contribution is 2.40. The summed E-state index contributed by atoms with van der Waals surface area (Å²) in [5, 5.41) is 38.6. The molecular formula is C14H24F3NO4. The summed E-state index contributed by atoms with van der Waals surface area (Å²) in [5.74, 6) is -1.20. The van der Waals surface area contributed by atoms with E-state index in [1.807, 2.05) is 0 Å². The van der Waals surface area contributed by atoms with E-state index in [0.29, 0.717) is 19.4 Å². The molecule has 2 fully saturated rings. The van der Waals surface area contributed by atoms with E-state index in [1.165, 1.54) is 0 Å². The van der Waals surface area contributed by atoms with Crippen molar-refractivity contribution in [3.8, 4) is 0 Å². The number of β-amino-alcohol motifs (C(OH)–C–C–N with tert-alkyl or cyclic N) is 1. The fraction of sp³-hybridized carbons (Fsp3) is 1.00. The van der Waals surface area contributed by atoms with Crippen LogP contribution in [0.1, 0.15) is 25.7 Å².